The van der Waals surface area contributed by atoms with Gasteiger partial charge in [-0.25, -0.2) is 8.78 Å². The lowest BCUT2D eigenvalue weighted by Gasteiger charge is -2.36. The van der Waals surface area contributed by atoms with Crippen molar-refractivity contribution in [1.82, 2.24) is 9.80 Å². The molecule has 0 atom stereocenters. The summed E-state index contributed by atoms with van der Waals surface area (Å²) in [6, 6.07) is 8.24. The van der Waals surface area contributed by atoms with E-state index in [2.05, 4.69) is 4.90 Å². The Bertz CT molecular complexity index is 958. The van der Waals surface area contributed by atoms with E-state index in [-0.39, 0.29) is 18.0 Å². The topological polar surface area (TPSA) is 53.1 Å². The smallest absolute Gasteiger partial charge is 0.300 e. The second-order valence-electron chi connectivity index (χ2n) is 7.22. The second-order valence-corrected chi connectivity index (χ2v) is 7.22. The molecule has 0 N–H and O–H groups in total. The third-order valence-electron chi connectivity index (χ3n) is 5.38. The average Bonchev–Trinajstić information content (AvgIpc) is 2.94. The number of nitrogens with zero attached hydrogens (tertiary/aromatic N) is 3. The molecular weight excluding hydrogens is 380 g/mol. The number of benzene rings is 2. The Hall–Kier alpha value is -2.84. The summed E-state index contributed by atoms with van der Waals surface area (Å²) in [4.78, 5) is 30.0. The van der Waals surface area contributed by atoms with E-state index in [0.29, 0.717) is 44.2 Å². The van der Waals surface area contributed by atoms with Gasteiger partial charge in [0.25, 0.3) is 5.78 Å². The van der Waals surface area contributed by atoms with E-state index < -0.39 is 17.5 Å². The van der Waals surface area contributed by atoms with Crippen molar-refractivity contribution >= 4 is 17.4 Å². The number of fused-ring (bicyclic) bond motifs is 1. The SMILES string of the molecule is COc1ccc(F)cc1CN1CCN(CN2C(=O)C(=O)c3ccc(F)cc32)CC1. The highest BCUT2D eigenvalue weighted by atomic mass is 19.1. The van der Waals surface area contributed by atoms with Gasteiger partial charge in [-0.1, -0.05) is 0 Å². The van der Waals surface area contributed by atoms with Crippen LogP contribution in [0.4, 0.5) is 14.5 Å². The summed E-state index contributed by atoms with van der Waals surface area (Å²) in [5.41, 5.74) is 1.35. The largest absolute Gasteiger partial charge is 0.496 e. The molecule has 2 heterocycles. The first kappa shape index (κ1) is 19.5. The summed E-state index contributed by atoms with van der Waals surface area (Å²) in [5.74, 6) is -1.37. The molecule has 0 aromatic heterocycles. The standard InChI is InChI=1S/C21H21F2N3O3/c1-29-19-5-3-15(22)10-14(19)12-24-6-8-25(9-7-24)13-26-18-11-16(23)2-4-17(18)20(27)21(26)28/h2-5,10-11H,6-9,12-13H2,1H3. The number of amides is 1. The maximum atomic E-state index is 13.6. The van der Waals surface area contributed by atoms with Crippen molar-refractivity contribution in [2.45, 2.75) is 6.54 Å². The summed E-state index contributed by atoms with van der Waals surface area (Å²) in [6.45, 7) is 3.56. The number of ketones is 1. The normalized spacial score (nSPS) is 17.7. The molecule has 152 valence electrons. The minimum absolute atomic E-state index is 0.234. The van der Waals surface area contributed by atoms with Crippen molar-refractivity contribution in [3.8, 4) is 5.75 Å². The molecule has 6 nitrogen and oxygen atoms in total. The van der Waals surface area contributed by atoms with E-state index in [9.17, 15) is 18.4 Å². The number of carbonyl (C=O) groups excluding carboxylic acids is 2. The monoisotopic (exact) mass is 401 g/mol. The molecule has 4 rings (SSSR count). The zero-order valence-corrected chi connectivity index (χ0v) is 16.0. The molecule has 1 fully saturated rings. The molecule has 0 bridgehead atoms. The highest BCUT2D eigenvalue weighted by Crippen LogP contribution is 2.30. The van der Waals surface area contributed by atoms with Crippen LogP contribution in [0.3, 0.4) is 0 Å². The summed E-state index contributed by atoms with van der Waals surface area (Å²) >= 11 is 0. The van der Waals surface area contributed by atoms with E-state index in [1.165, 1.54) is 35.2 Å². The van der Waals surface area contributed by atoms with Crippen LogP contribution in [0.5, 0.6) is 5.75 Å². The van der Waals surface area contributed by atoms with Gasteiger partial charge in [-0.2, -0.15) is 0 Å². The number of halogens is 2. The highest BCUT2D eigenvalue weighted by molar-refractivity contribution is 6.52. The average molecular weight is 401 g/mol. The van der Waals surface area contributed by atoms with Crippen molar-refractivity contribution in [2.75, 3.05) is 44.9 Å². The lowest BCUT2D eigenvalue weighted by Crippen LogP contribution is -2.50. The Labute approximate surface area is 167 Å². The maximum Gasteiger partial charge on any atom is 0.300 e. The van der Waals surface area contributed by atoms with Crippen molar-refractivity contribution in [3.63, 3.8) is 0 Å². The minimum atomic E-state index is -0.627. The van der Waals surface area contributed by atoms with Gasteiger partial charge in [-0.05, 0) is 36.4 Å². The van der Waals surface area contributed by atoms with Crippen LogP contribution >= 0.6 is 0 Å². The van der Waals surface area contributed by atoms with Crippen LogP contribution in [0.15, 0.2) is 36.4 Å². The molecular formula is C21H21F2N3O3. The molecule has 1 saturated heterocycles. The van der Waals surface area contributed by atoms with Gasteiger partial charge in [0, 0.05) is 38.3 Å². The molecule has 0 saturated carbocycles. The molecule has 0 radical (unpaired) electrons. The van der Waals surface area contributed by atoms with E-state index in [1.807, 2.05) is 4.90 Å². The Morgan fingerprint density at radius 2 is 1.59 bits per heavy atom. The predicted molar refractivity (Wildman–Crippen MR) is 103 cm³/mol. The predicted octanol–water partition coefficient (Wildman–Crippen LogP) is 2.28. The molecule has 0 unspecified atom stereocenters. The Morgan fingerprint density at radius 1 is 0.931 bits per heavy atom. The van der Waals surface area contributed by atoms with E-state index in [1.54, 1.807) is 13.2 Å². The van der Waals surface area contributed by atoms with Crippen LogP contribution in [-0.4, -0.2) is 61.4 Å². The summed E-state index contributed by atoms with van der Waals surface area (Å²) in [5, 5.41) is 0. The fraction of sp³-hybridized carbons (Fsp3) is 0.333. The van der Waals surface area contributed by atoms with Gasteiger partial charge in [-0.3, -0.25) is 24.3 Å². The third-order valence-corrected chi connectivity index (χ3v) is 5.38. The van der Waals surface area contributed by atoms with Crippen LogP contribution in [0.1, 0.15) is 15.9 Å². The molecule has 29 heavy (non-hydrogen) atoms. The van der Waals surface area contributed by atoms with E-state index >= 15 is 0 Å². The molecule has 1 amide bonds. The van der Waals surface area contributed by atoms with Crippen molar-refractivity contribution in [3.05, 3.63) is 59.2 Å². The molecule has 2 aromatic carbocycles. The van der Waals surface area contributed by atoms with Crippen LogP contribution in [-0.2, 0) is 11.3 Å². The summed E-state index contributed by atoms with van der Waals surface area (Å²) in [7, 11) is 1.56. The van der Waals surface area contributed by atoms with Gasteiger partial charge >= 0.3 is 5.91 Å². The number of Topliss-reactive ketones (excluding diaryl/α,β-unsaturated/α-hetero) is 1. The number of hydrogen-bond acceptors (Lipinski definition) is 5. The first-order valence-corrected chi connectivity index (χ1v) is 9.39. The van der Waals surface area contributed by atoms with Gasteiger partial charge in [-0.15, -0.1) is 0 Å². The van der Waals surface area contributed by atoms with E-state index in [0.717, 1.165) is 5.56 Å². The maximum absolute atomic E-state index is 13.6. The van der Waals surface area contributed by atoms with Crippen LogP contribution in [0.25, 0.3) is 0 Å². The van der Waals surface area contributed by atoms with Crippen LogP contribution < -0.4 is 9.64 Å². The Balaban J connectivity index is 1.39. The van der Waals surface area contributed by atoms with Gasteiger partial charge in [0.2, 0.25) is 0 Å². The zero-order chi connectivity index (χ0) is 20.5. The van der Waals surface area contributed by atoms with Gasteiger partial charge in [0.1, 0.15) is 17.4 Å². The Morgan fingerprint density at radius 3 is 2.31 bits per heavy atom. The number of anilines is 1. The number of ether oxygens (including phenoxy) is 1. The Kier molecular flexibility index (Phi) is 5.29. The first-order valence-electron chi connectivity index (χ1n) is 9.39. The lowest BCUT2D eigenvalue weighted by molar-refractivity contribution is -0.114. The van der Waals surface area contributed by atoms with Crippen molar-refractivity contribution in [1.29, 1.82) is 0 Å². The fourth-order valence-electron chi connectivity index (χ4n) is 3.81. The highest BCUT2D eigenvalue weighted by Gasteiger charge is 2.37. The molecule has 0 aliphatic carbocycles. The fourth-order valence-corrected chi connectivity index (χ4v) is 3.81. The van der Waals surface area contributed by atoms with Gasteiger partial charge in [0.05, 0.1) is 25.0 Å². The van der Waals surface area contributed by atoms with Crippen LogP contribution in [0.2, 0.25) is 0 Å². The molecule has 2 aliphatic rings. The number of carbonyl (C=O) groups is 2. The molecule has 2 aliphatic heterocycles. The minimum Gasteiger partial charge on any atom is -0.496 e. The van der Waals surface area contributed by atoms with E-state index in [4.69, 9.17) is 4.74 Å². The lowest BCUT2D eigenvalue weighted by atomic mass is 10.1. The number of rotatable bonds is 5. The van der Waals surface area contributed by atoms with Crippen molar-refractivity contribution < 1.29 is 23.1 Å². The molecule has 2 aromatic rings. The quantitative estimate of drug-likeness (QED) is 0.720. The molecule has 0 spiro atoms. The third kappa shape index (κ3) is 3.86. The summed E-state index contributed by atoms with van der Waals surface area (Å²) in [6.07, 6.45) is 0. The molecule has 8 heteroatoms. The number of methoxy groups -OCH3 is 1. The summed E-state index contributed by atoms with van der Waals surface area (Å²) < 4.78 is 32.5. The second kappa shape index (κ2) is 7.88. The van der Waals surface area contributed by atoms with Crippen LogP contribution in [0, 0.1) is 11.6 Å². The number of piperazine rings is 1. The zero-order valence-electron chi connectivity index (χ0n) is 16.0. The van der Waals surface area contributed by atoms with Crippen molar-refractivity contribution in [2.24, 2.45) is 0 Å². The first-order chi connectivity index (χ1) is 14.0. The van der Waals surface area contributed by atoms with Gasteiger partial charge < -0.3 is 4.74 Å². The number of hydrogen-bond donors (Lipinski definition) is 0. The van der Waals surface area contributed by atoms with Gasteiger partial charge in [0.15, 0.2) is 0 Å².